The van der Waals surface area contributed by atoms with E-state index in [1.54, 1.807) is 13.0 Å². The van der Waals surface area contributed by atoms with Gasteiger partial charge in [0.2, 0.25) is 5.88 Å². The third-order valence-electron chi connectivity index (χ3n) is 7.93. The molecule has 0 saturated heterocycles. The van der Waals surface area contributed by atoms with Gasteiger partial charge in [0, 0.05) is 27.1 Å². The van der Waals surface area contributed by atoms with Crippen LogP contribution in [0.5, 0.6) is 11.9 Å². The van der Waals surface area contributed by atoms with Gasteiger partial charge in [-0.15, -0.1) is 0 Å². The van der Waals surface area contributed by atoms with Crippen LogP contribution < -0.4 is 20.1 Å². The van der Waals surface area contributed by atoms with Gasteiger partial charge in [0.05, 0.1) is 37.1 Å². The molecule has 1 aliphatic heterocycles. The number of halogens is 4. The molecule has 1 fully saturated rings. The van der Waals surface area contributed by atoms with Gasteiger partial charge < -0.3 is 20.1 Å². The minimum atomic E-state index is -1.73. The number of nitrogen functional groups attached to an aromatic ring is 1. The SMILES string of the molecule is COc1nc2c3c(nc(-c4c(C5(F)CC5)c(Cl)cc5[nH]ncc45)c(F)c3n1)OC[C@H](C)N2C(C)c1cc(F)cnc1N. The molecule has 2 aliphatic rings. The summed E-state index contributed by atoms with van der Waals surface area (Å²) in [4.78, 5) is 19.3. The molecule has 14 heteroatoms. The molecule has 42 heavy (non-hydrogen) atoms. The number of alkyl halides is 1. The van der Waals surface area contributed by atoms with Gasteiger partial charge in [-0.2, -0.15) is 15.1 Å². The number of aromatic amines is 1. The van der Waals surface area contributed by atoms with Crippen molar-refractivity contribution in [1.82, 2.24) is 30.1 Å². The highest BCUT2D eigenvalue weighted by Crippen LogP contribution is 2.56. The zero-order chi connectivity index (χ0) is 29.5. The maximum atomic E-state index is 16.8. The number of hydrogen-bond donors (Lipinski definition) is 2. The van der Waals surface area contributed by atoms with Gasteiger partial charge in [0.25, 0.3) is 0 Å². The second kappa shape index (κ2) is 9.31. The Balaban J connectivity index is 1.52. The summed E-state index contributed by atoms with van der Waals surface area (Å²) in [5, 5.41) is 7.64. The molecule has 1 saturated carbocycles. The summed E-state index contributed by atoms with van der Waals surface area (Å²) < 4.78 is 58.3. The quantitative estimate of drug-likeness (QED) is 0.259. The van der Waals surface area contributed by atoms with Crippen LogP contribution in [0.4, 0.5) is 24.8 Å². The molecule has 0 spiro atoms. The number of ether oxygens (including phenoxy) is 2. The predicted molar refractivity (Wildman–Crippen MR) is 150 cm³/mol. The van der Waals surface area contributed by atoms with Crippen LogP contribution in [0.25, 0.3) is 33.1 Å². The van der Waals surface area contributed by atoms with Crippen LogP contribution in [0.15, 0.2) is 24.5 Å². The second-order valence-electron chi connectivity index (χ2n) is 10.6. The molecule has 7 rings (SSSR count). The minimum absolute atomic E-state index is 0.0391. The predicted octanol–water partition coefficient (Wildman–Crippen LogP) is 5.79. The first-order valence-corrected chi connectivity index (χ1v) is 13.6. The Kier molecular flexibility index (Phi) is 5.88. The number of hydrogen-bond acceptors (Lipinski definition) is 9. The molecule has 0 amide bonds. The molecule has 1 unspecified atom stereocenters. The van der Waals surface area contributed by atoms with E-state index in [1.165, 1.54) is 19.4 Å². The van der Waals surface area contributed by atoms with E-state index in [9.17, 15) is 4.39 Å². The van der Waals surface area contributed by atoms with Crippen LogP contribution in [0.2, 0.25) is 5.02 Å². The van der Waals surface area contributed by atoms with Crippen molar-refractivity contribution in [2.75, 3.05) is 24.4 Å². The van der Waals surface area contributed by atoms with E-state index in [-0.39, 0.29) is 81.8 Å². The number of H-pyrrole nitrogens is 1. The normalized spacial score (nSPS) is 18.2. The largest absolute Gasteiger partial charge is 0.475 e. The number of nitrogens with two attached hydrogens (primary N) is 1. The molecule has 2 atom stereocenters. The molecule has 4 aromatic heterocycles. The maximum Gasteiger partial charge on any atom is 0.318 e. The molecule has 1 aliphatic carbocycles. The molecule has 0 radical (unpaired) electrons. The third kappa shape index (κ3) is 3.90. The van der Waals surface area contributed by atoms with Gasteiger partial charge in [-0.1, -0.05) is 11.6 Å². The van der Waals surface area contributed by atoms with Gasteiger partial charge in [0.1, 0.15) is 46.3 Å². The third-order valence-corrected chi connectivity index (χ3v) is 8.23. The summed E-state index contributed by atoms with van der Waals surface area (Å²) in [6, 6.07) is 1.79. The summed E-state index contributed by atoms with van der Waals surface area (Å²) in [6.45, 7) is 3.76. The van der Waals surface area contributed by atoms with Crippen LogP contribution in [-0.2, 0) is 5.67 Å². The number of aromatic nitrogens is 6. The smallest absolute Gasteiger partial charge is 0.318 e. The van der Waals surface area contributed by atoms with Crippen LogP contribution in [0.1, 0.15) is 43.9 Å². The summed E-state index contributed by atoms with van der Waals surface area (Å²) >= 11 is 6.59. The number of nitrogens with one attached hydrogen (secondary N) is 1. The highest BCUT2D eigenvalue weighted by atomic mass is 35.5. The number of anilines is 2. The zero-order valence-electron chi connectivity index (χ0n) is 22.7. The van der Waals surface area contributed by atoms with Crippen LogP contribution in [0, 0.1) is 11.6 Å². The Bertz CT molecular complexity index is 1910. The van der Waals surface area contributed by atoms with Crippen LogP contribution in [0.3, 0.4) is 0 Å². The lowest BCUT2D eigenvalue weighted by molar-refractivity contribution is 0.281. The average Bonchev–Trinajstić information content (AvgIpc) is 3.57. The fourth-order valence-corrected chi connectivity index (χ4v) is 6.13. The molecular weight excluding hydrogens is 573 g/mol. The first-order chi connectivity index (χ1) is 20.1. The van der Waals surface area contributed by atoms with E-state index in [4.69, 9.17) is 26.8 Å². The topological polar surface area (TPSA) is 128 Å². The Morgan fingerprint density at radius 3 is 2.74 bits per heavy atom. The Hall–Kier alpha value is -4.39. The molecule has 1 aromatic carbocycles. The zero-order valence-corrected chi connectivity index (χ0v) is 23.4. The minimum Gasteiger partial charge on any atom is -0.475 e. The Morgan fingerprint density at radius 1 is 1.21 bits per heavy atom. The van der Waals surface area contributed by atoms with Gasteiger partial charge in [-0.05, 0) is 38.8 Å². The van der Waals surface area contributed by atoms with E-state index in [0.717, 1.165) is 6.20 Å². The number of nitrogens with zero attached hydrogens (tertiary/aromatic N) is 6. The van der Waals surface area contributed by atoms with Crippen molar-refractivity contribution in [3.8, 4) is 23.1 Å². The first kappa shape index (κ1) is 26.5. The van der Waals surface area contributed by atoms with Crippen molar-refractivity contribution in [2.45, 2.75) is 44.4 Å². The molecule has 3 N–H and O–H groups in total. The molecule has 0 bridgehead atoms. The summed E-state index contributed by atoms with van der Waals surface area (Å²) in [5.41, 5.74) is 5.27. The van der Waals surface area contributed by atoms with E-state index in [0.29, 0.717) is 16.5 Å². The van der Waals surface area contributed by atoms with E-state index in [2.05, 4.69) is 30.1 Å². The Morgan fingerprint density at radius 2 is 2.00 bits per heavy atom. The van der Waals surface area contributed by atoms with E-state index >= 15 is 8.78 Å². The van der Waals surface area contributed by atoms with Crippen molar-refractivity contribution in [2.24, 2.45) is 0 Å². The van der Waals surface area contributed by atoms with Crippen LogP contribution >= 0.6 is 11.6 Å². The first-order valence-electron chi connectivity index (χ1n) is 13.2. The maximum absolute atomic E-state index is 16.8. The molecule has 5 aromatic rings. The molecule has 5 heterocycles. The van der Waals surface area contributed by atoms with Crippen LogP contribution in [-0.4, -0.2) is 49.9 Å². The van der Waals surface area contributed by atoms with Crippen molar-refractivity contribution in [3.05, 3.63) is 52.3 Å². The number of methoxy groups -OCH3 is 1. The summed E-state index contributed by atoms with van der Waals surface area (Å²) in [6.07, 6.45) is 3.00. The lowest BCUT2D eigenvalue weighted by Gasteiger charge is -2.34. The highest BCUT2D eigenvalue weighted by molar-refractivity contribution is 6.33. The number of rotatable bonds is 5. The van der Waals surface area contributed by atoms with Crippen molar-refractivity contribution >= 4 is 45.0 Å². The molecule has 10 nitrogen and oxygen atoms in total. The lowest BCUT2D eigenvalue weighted by atomic mass is 9.94. The molecule has 216 valence electrons. The summed E-state index contributed by atoms with van der Waals surface area (Å²) in [7, 11) is 1.36. The van der Waals surface area contributed by atoms with E-state index in [1.807, 2.05) is 11.8 Å². The second-order valence-corrected chi connectivity index (χ2v) is 11.0. The lowest BCUT2D eigenvalue weighted by Crippen LogP contribution is -2.39. The fourth-order valence-electron chi connectivity index (χ4n) is 5.76. The summed E-state index contributed by atoms with van der Waals surface area (Å²) in [5.74, 6) is -0.982. The molecular formula is C28H24ClF3N8O2. The highest BCUT2D eigenvalue weighted by Gasteiger charge is 2.49. The standard InChI is InChI=1S/C28H24ClF3N8O2/c1-11-10-42-26-19-23(37-27(41-3)38-25(19)40(11)12(2)14-6-13(30)8-34-24(14)33)21(31)22(36-26)18-15-9-35-39-17(15)7-16(29)20(18)28(32)4-5-28/h6-9,11-12H,4-5,10H2,1-3H3,(H2,33,34)(H,35,39)/t11-,12?/m0/s1. The monoisotopic (exact) mass is 596 g/mol. The Labute approximate surface area is 242 Å². The van der Waals surface area contributed by atoms with Gasteiger partial charge in [-0.25, -0.2) is 23.1 Å². The van der Waals surface area contributed by atoms with Gasteiger partial charge in [0.15, 0.2) is 5.82 Å². The van der Waals surface area contributed by atoms with Crippen molar-refractivity contribution < 1.29 is 22.6 Å². The van der Waals surface area contributed by atoms with Gasteiger partial charge in [-0.3, -0.25) is 5.10 Å². The number of pyridine rings is 2. The fraction of sp³-hybridized carbons (Fsp3) is 0.321. The van der Waals surface area contributed by atoms with Gasteiger partial charge >= 0.3 is 6.01 Å². The van der Waals surface area contributed by atoms with Crippen molar-refractivity contribution in [3.63, 3.8) is 0 Å². The number of fused-ring (bicyclic) bond motifs is 1. The number of benzene rings is 1. The average molecular weight is 597 g/mol. The van der Waals surface area contributed by atoms with Crippen molar-refractivity contribution in [1.29, 1.82) is 0 Å². The van der Waals surface area contributed by atoms with E-state index < -0.39 is 23.3 Å².